The van der Waals surface area contributed by atoms with Crippen LogP contribution in [0.1, 0.15) is 24.8 Å². The molecule has 2 N–H and O–H groups in total. The summed E-state index contributed by atoms with van der Waals surface area (Å²) < 4.78 is 15.8. The van der Waals surface area contributed by atoms with Crippen molar-refractivity contribution in [2.45, 2.75) is 25.8 Å². The van der Waals surface area contributed by atoms with Crippen molar-refractivity contribution in [1.82, 2.24) is 5.32 Å². The second-order valence-corrected chi connectivity index (χ2v) is 5.80. The molecule has 1 aliphatic rings. The van der Waals surface area contributed by atoms with E-state index in [4.69, 9.17) is 19.3 Å². The van der Waals surface area contributed by atoms with E-state index < -0.39 is 11.9 Å². The number of carboxylic acid groups (broad SMARTS) is 1. The number of carboxylic acids is 1. The normalized spacial score (nSPS) is 19.6. The number of benzene rings is 1. The fourth-order valence-corrected chi connectivity index (χ4v) is 3.01. The number of amides is 1. The van der Waals surface area contributed by atoms with Crippen LogP contribution in [0.15, 0.2) is 12.1 Å². The van der Waals surface area contributed by atoms with Gasteiger partial charge >= 0.3 is 5.97 Å². The molecule has 0 radical (unpaired) electrons. The fraction of sp³-hybridized carbons (Fsp3) is 0.529. The van der Waals surface area contributed by atoms with Crippen molar-refractivity contribution in [2.24, 2.45) is 11.8 Å². The highest BCUT2D eigenvalue weighted by molar-refractivity contribution is 5.80. The first-order valence-electron chi connectivity index (χ1n) is 7.79. The van der Waals surface area contributed by atoms with Gasteiger partial charge in [0.1, 0.15) is 0 Å². The quantitative estimate of drug-likeness (QED) is 0.788. The van der Waals surface area contributed by atoms with E-state index in [-0.39, 0.29) is 11.8 Å². The molecule has 0 unspecified atom stereocenters. The Morgan fingerprint density at radius 1 is 1.08 bits per heavy atom. The molecule has 1 fully saturated rings. The van der Waals surface area contributed by atoms with Crippen molar-refractivity contribution in [3.8, 4) is 17.2 Å². The summed E-state index contributed by atoms with van der Waals surface area (Å²) in [5.41, 5.74) is 0.811. The molecule has 1 aromatic carbocycles. The van der Waals surface area contributed by atoms with Crippen LogP contribution in [0, 0.1) is 11.8 Å². The first-order valence-corrected chi connectivity index (χ1v) is 7.79. The summed E-state index contributed by atoms with van der Waals surface area (Å²) in [5.74, 6) is -0.0616. The highest BCUT2D eigenvalue weighted by Crippen LogP contribution is 2.38. The van der Waals surface area contributed by atoms with Crippen LogP contribution in [-0.4, -0.2) is 38.3 Å². The van der Waals surface area contributed by atoms with Crippen molar-refractivity contribution < 1.29 is 28.9 Å². The van der Waals surface area contributed by atoms with Crippen molar-refractivity contribution in [2.75, 3.05) is 21.3 Å². The van der Waals surface area contributed by atoms with Crippen LogP contribution < -0.4 is 19.5 Å². The lowest BCUT2D eigenvalue weighted by Gasteiger charge is -2.15. The molecule has 1 saturated carbocycles. The van der Waals surface area contributed by atoms with Gasteiger partial charge in [0.05, 0.1) is 27.2 Å². The third-order valence-corrected chi connectivity index (χ3v) is 4.34. The molecular weight excluding hydrogens is 314 g/mol. The number of aliphatic carboxylic acids is 1. The SMILES string of the molecule is COc1cc(CNC(=O)[C@@H]2CC[C@H](C(=O)O)C2)cc(OC)c1OC. The number of hydrogen-bond donors (Lipinski definition) is 2. The van der Waals surface area contributed by atoms with Crippen molar-refractivity contribution in [3.05, 3.63) is 17.7 Å². The molecule has 132 valence electrons. The molecule has 0 spiro atoms. The first kappa shape index (κ1) is 17.9. The lowest BCUT2D eigenvalue weighted by Crippen LogP contribution is -2.29. The molecule has 0 bridgehead atoms. The minimum Gasteiger partial charge on any atom is -0.493 e. The van der Waals surface area contributed by atoms with Gasteiger partial charge < -0.3 is 24.6 Å². The highest BCUT2D eigenvalue weighted by atomic mass is 16.5. The van der Waals surface area contributed by atoms with E-state index in [9.17, 15) is 9.59 Å². The van der Waals surface area contributed by atoms with Crippen molar-refractivity contribution in [3.63, 3.8) is 0 Å². The summed E-state index contributed by atoms with van der Waals surface area (Å²) in [5, 5.41) is 11.9. The molecule has 0 saturated heterocycles. The highest BCUT2D eigenvalue weighted by Gasteiger charge is 2.33. The molecule has 1 aliphatic carbocycles. The van der Waals surface area contributed by atoms with E-state index in [1.54, 1.807) is 12.1 Å². The maximum Gasteiger partial charge on any atom is 0.306 e. The summed E-state index contributed by atoms with van der Waals surface area (Å²) in [6.07, 6.45) is 1.56. The van der Waals surface area contributed by atoms with Crippen LogP contribution in [0.25, 0.3) is 0 Å². The maximum absolute atomic E-state index is 12.2. The average Bonchev–Trinajstić information content (AvgIpc) is 3.09. The van der Waals surface area contributed by atoms with Crippen LogP contribution >= 0.6 is 0 Å². The number of rotatable bonds is 7. The van der Waals surface area contributed by atoms with Gasteiger partial charge in [-0.25, -0.2) is 0 Å². The molecule has 0 aliphatic heterocycles. The second-order valence-electron chi connectivity index (χ2n) is 5.80. The van der Waals surface area contributed by atoms with Gasteiger partial charge in [0.25, 0.3) is 0 Å². The molecular formula is C17H23NO6. The van der Waals surface area contributed by atoms with E-state index >= 15 is 0 Å². The largest absolute Gasteiger partial charge is 0.493 e. The summed E-state index contributed by atoms with van der Waals surface area (Å²) >= 11 is 0. The zero-order chi connectivity index (χ0) is 17.7. The first-order chi connectivity index (χ1) is 11.5. The number of carbonyl (C=O) groups excluding carboxylic acids is 1. The Kier molecular flexibility index (Phi) is 5.89. The van der Waals surface area contributed by atoms with Crippen LogP contribution in [0.3, 0.4) is 0 Å². The molecule has 2 atom stereocenters. The lowest BCUT2D eigenvalue weighted by atomic mass is 10.0. The van der Waals surface area contributed by atoms with Gasteiger partial charge in [-0.3, -0.25) is 9.59 Å². The van der Waals surface area contributed by atoms with Crippen LogP contribution in [0.5, 0.6) is 17.2 Å². The molecule has 1 amide bonds. The van der Waals surface area contributed by atoms with Gasteiger partial charge in [-0.15, -0.1) is 0 Å². The minimum absolute atomic E-state index is 0.118. The van der Waals surface area contributed by atoms with Gasteiger partial charge in [0, 0.05) is 12.5 Å². The second kappa shape index (κ2) is 7.90. The van der Waals surface area contributed by atoms with E-state index in [0.29, 0.717) is 43.1 Å². The third-order valence-electron chi connectivity index (χ3n) is 4.34. The zero-order valence-electron chi connectivity index (χ0n) is 14.1. The summed E-state index contributed by atoms with van der Waals surface area (Å²) in [6.45, 7) is 0.309. The summed E-state index contributed by atoms with van der Waals surface area (Å²) in [6, 6.07) is 3.55. The van der Waals surface area contributed by atoms with E-state index in [1.807, 2.05) is 0 Å². The standard InChI is InChI=1S/C17H23NO6/c1-22-13-6-10(7-14(23-2)15(13)24-3)9-18-16(19)11-4-5-12(8-11)17(20)21/h6-7,11-12H,4-5,8-9H2,1-3H3,(H,18,19)(H,20,21)/t11-,12+/m1/s1. The Hall–Kier alpha value is -2.44. The number of hydrogen-bond acceptors (Lipinski definition) is 5. The Balaban J connectivity index is 2.01. The number of carbonyl (C=O) groups is 2. The van der Waals surface area contributed by atoms with Gasteiger partial charge in [-0.05, 0) is 37.0 Å². The zero-order valence-corrected chi connectivity index (χ0v) is 14.1. The summed E-state index contributed by atoms with van der Waals surface area (Å²) in [7, 11) is 4.59. The third kappa shape index (κ3) is 3.90. The Bertz CT molecular complexity index is 590. The minimum atomic E-state index is -0.824. The number of nitrogens with one attached hydrogen (secondary N) is 1. The van der Waals surface area contributed by atoms with Crippen molar-refractivity contribution >= 4 is 11.9 Å². The summed E-state index contributed by atoms with van der Waals surface area (Å²) in [4.78, 5) is 23.2. The maximum atomic E-state index is 12.2. The van der Waals surface area contributed by atoms with Gasteiger partial charge in [0.15, 0.2) is 11.5 Å². The van der Waals surface area contributed by atoms with Crippen molar-refractivity contribution in [1.29, 1.82) is 0 Å². The molecule has 7 heteroatoms. The Morgan fingerprint density at radius 3 is 2.12 bits per heavy atom. The van der Waals surface area contributed by atoms with Gasteiger partial charge in [-0.1, -0.05) is 0 Å². The molecule has 2 rings (SSSR count). The Morgan fingerprint density at radius 2 is 1.67 bits per heavy atom. The van der Waals surface area contributed by atoms with E-state index in [0.717, 1.165) is 5.56 Å². The molecule has 0 heterocycles. The topological polar surface area (TPSA) is 94.1 Å². The van der Waals surface area contributed by atoms with Crippen LogP contribution in [-0.2, 0) is 16.1 Å². The molecule has 0 aromatic heterocycles. The van der Waals surface area contributed by atoms with Crippen LogP contribution in [0.4, 0.5) is 0 Å². The van der Waals surface area contributed by atoms with E-state index in [1.165, 1.54) is 21.3 Å². The lowest BCUT2D eigenvalue weighted by molar-refractivity contribution is -0.141. The van der Waals surface area contributed by atoms with Crippen LogP contribution in [0.2, 0.25) is 0 Å². The Labute approximate surface area is 140 Å². The predicted octanol–water partition coefficient (Wildman–Crippen LogP) is 1.83. The molecule has 24 heavy (non-hydrogen) atoms. The molecule has 7 nitrogen and oxygen atoms in total. The fourth-order valence-electron chi connectivity index (χ4n) is 3.01. The van der Waals surface area contributed by atoms with Gasteiger partial charge in [0.2, 0.25) is 11.7 Å². The number of methoxy groups -OCH3 is 3. The van der Waals surface area contributed by atoms with E-state index in [2.05, 4.69) is 5.32 Å². The van der Waals surface area contributed by atoms with Gasteiger partial charge in [-0.2, -0.15) is 0 Å². The molecule has 1 aromatic rings. The number of ether oxygens (including phenoxy) is 3. The average molecular weight is 337 g/mol. The monoisotopic (exact) mass is 337 g/mol. The predicted molar refractivity (Wildman–Crippen MR) is 86.4 cm³/mol. The smallest absolute Gasteiger partial charge is 0.306 e.